The maximum atomic E-state index is 4.34. The quantitative estimate of drug-likeness (QED) is 0.769. The topological polar surface area (TPSA) is 32.3 Å². The van der Waals surface area contributed by atoms with Crippen LogP contribution in [0.15, 0.2) is 12.4 Å². The predicted octanol–water partition coefficient (Wildman–Crippen LogP) is 1.32. The van der Waals surface area contributed by atoms with Gasteiger partial charge < -0.3 is 9.80 Å². The summed E-state index contributed by atoms with van der Waals surface area (Å²) in [6, 6.07) is 2.73. The number of aromatic nitrogens is 2. The Balaban J connectivity index is 2.03. The molecule has 1 unspecified atom stereocenters. The summed E-state index contributed by atoms with van der Waals surface area (Å²) in [5.74, 6) is 1.07. The van der Waals surface area contributed by atoms with Gasteiger partial charge in [0.25, 0.3) is 0 Å². The fourth-order valence-electron chi connectivity index (χ4n) is 2.18. The number of anilines is 1. The van der Waals surface area contributed by atoms with Crippen molar-refractivity contribution in [1.82, 2.24) is 14.9 Å². The van der Waals surface area contributed by atoms with Crippen LogP contribution >= 0.6 is 0 Å². The molecule has 88 valence electrons. The molecule has 0 amide bonds. The third kappa shape index (κ3) is 2.32. The number of hydrogen-bond donors (Lipinski definition) is 0. The van der Waals surface area contributed by atoms with Crippen LogP contribution in [0.2, 0.25) is 0 Å². The van der Waals surface area contributed by atoms with E-state index in [-0.39, 0.29) is 0 Å². The minimum Gasteiger partial charge on any atom is -0.355 e. The van der Waals surface area contributed by atoms with Crippen LogP contribution in [0.5, 0.6) is 0 Å². The van der Waals surface area contributed by atoms with Crippen molar-refractivity contribution in [3.8, 4) is 0 Å². The van der Waals surface area contributed by atoms with E-state index in [2.05, 4.69) is 39.8 Å². The predicted molar refractivity (Wildman–Crippen MR) is 65.7 cm³/mol. The van der Waals surface area contributed by atoms with Gasteiger partial charge in [0.1, 0.15) is 12.1 Å². The first-order valence-electron chi connectivity index (χ1n) is 5.94. The Morgan fingerprint density at radius 2 is 2.31 bits per heavy atom. The lowest BCUT2D eigenvalue weighted by Crippen LogP contribution is -2.34. The molecule has 1 aromatic rings. The maximum absolute atomic E-state index is 4.34. The third-order valence-electron chi connectivity index (χ3n) is 3.40. The second kappa shape index (κ2) is 4.78. The Kier molecular flexibility index (Phi) is 3.39. The first kappa shape index (κ1) is 11.3. The summed E-state index contributed by atoms with van der Waals surface area (Å²) in [6.45, 7) is 7.52. The van der Waals surface area contributed by atoms with Gasteiger partial charge in [0.05, 0.1) is 0 Å². The minimum atomic E-state index is 0.667. The number of likely N-dealkylation sites (N-methyl/N-ethyl adjacent to an activating group) is 1. The molecule has 1 aliphatic rings. The van der Waals surface area contributed by atoms with E-state index in [0.29, 0.717) is 6.04 Å². The first-order valence-corrected chi connectivity index (χ1v) is 5.94. The Hall–Kier alpha value is -1.16. The molecule has 0 bridgehead atoms. The van der Waals surface area contributed by atoms with Gasteiger partial charge in [-0.25, -0.2) is 9.97 Å². The van der Waals surface area contributed by atoms with E-state index < -0.39 is 0 Å². The van der Waals surface area contributed by atoms with Crippen molar-refractivity contribution in [2.75, 3.05) is 31.6 Å². The zero-order valence-corrected chi connectivity index (χ0v) is 10.3. The van der Waals surface area contributed by atoms with Crippen molar-refractivity contribution < 1.29 is 0 Å². The van der Waals surface area contributed by atoms with Crippen LogP contribution in [0.3, 0.4) is 0 Å². The van der Waals surface area contributed by atoms with Gasteiger partial charge >= 0.3 is 0 Å². The molecule has 1 aliphatic heterocycles. The molecule has 1 aromatic heterocycles. The highest BCUT2D eigenvalue weighted by Crippen LogP contribution is 2.20. The standard InChI is InChI=1S/C12H20N4/c1-4-15(3)11-5-6-16(8-11)12-7-10(2)13-9-14-12/h7,9,11H,4-6,8H2,1-3H3. The molecule has 2 heterocycles. The molecule has 1 saturated heterocycles. The van der Waals surface area contributed by atoms with Crippen molar-refractivity contribution in [3.63, 3.8) is 0 Å². The van der Waals surface area contributed by atoms with Gasteiger partial charge in [0.2, 0.25) is 0 Å². The molecule has 0 aromatic carbocycles. The highest BCUT2D eigenvalue weighted by Gasteiger charge is 2.25. The van der Waals surface area contributed by atoms with Gasteiger partial charge in [-0.05, 0) is 26.9 Å². The summed E-state index contributed by atoms with van der Waals surface area (Å²) >= 11 is 0. The van der Waals surface area contributed by atoms with E-state index in [1.807, 2.05) is 6.92 Å². The molecular weight excluding hydrogens is 200 g/mol. The van der Waals surface area contributed by atoms with E-state index in [1.54, 1.807) is 6.33 Å². The average Bonchev–Trinajstić information content (AvgIpc) is 2.77. The molecule has 0 N–H and O–H groups in total. The van der Waals surface area contributed by atoms with Crippen LogP contribution in [-0.2, 0) is 0 Å². The molecule has 0 spiro atoms. The summed E-state index contributed by atoms with van der Waals surface area (Å²) in [4.78, 5) is 13.2. The van der Waals surface area contributed by atoms with E-state index >= 15 is 0 Å². The van der Waals surface area contributed by atoms with Gasteiger partial charge in [-0.1, -0.05) is 6.92 Å². The minimum absolute atomic E-state index is 0.667. The van der Waals surface area contributed by atoms with E-state index in [1.165, 1.54) is 6.42 Å². The lowest BCUT2D eigenvalue weighted by atomic mass is 10.2. The molecule has 0 radical (unpaired) electrons. The van der Waals surface area contributed by atoms with Crippen molar-refractivity contribution in [2.24, 2.45) is 0 Å². The lowest BCUT2D eigenvalue weighted by molar-refractivity contribution is 0.272. The van der Waals surface area contributed by atoms with Crippen molar-refractivity contribution in [1.29, 1.82) is 0 Å². The van der Waals surface area contributed by atoms with Crippen LogP contribution in [0, 0.1) is 6.92 Å². The second-order valence-corrected chi connectivity index (χ2v) is 4.48. The molecule has 2 rings (SSSR count). The van der Waals surface area contributed by atoms with Gasteiger partial charge in [0.15, 0.2) is 0 Å². The van der Waals surface area contributed by atoms with Crippen molar-refractivity contribution >= 4 is 5.82 Å². The molecule has 0 aliphatic carbocycles. The largest absolute Gasteiger partial charge is 0.355 e. The Morgan fingerprint density at radius 3 is 3.00 bits per heavy atom. The smallest absolute Gasteiger partial charge is 0.132 e. The number of aryl methyl sites for hydroxylation is 1. The highest BCUT2D eigenvalue weighted by atomic mass is 15.3. The zero-order chi connectivity index (χ0) is 11.5. The molecular formula is C12H20N4. The molecule has 0 saturated carbocycles. The SMILES string of the molecule is CCN(C)C1CCN(c2cc(C)ncn2)C1. The van der Waals surface area contributed by atoms with E-state index in [4.69, 9.17) is 0 Å². The van der Waals surface area contributed by atoms with Gasteiger partial charge in [-0.2, -0.15) is 0 Å². The molecule has 16 heavy (non-hydrogen) atoms. The van der Waals surface area contributed by atoms with E-state index in [9.17, 15) is 0 Å². The average molecular weight is 220 g/mol. The number of rotatable bonds is 3. The Morgan fingerprint density at radius 1 is 1.50 bits per heavy atom. The second-order valence-electron chi connectivity index (χ2n) is 4.48. The zero-order valence-electron chi connectivity index (χ0n) is 10.3. The molecule has 1 atom stereocenters. The first-order chi connectivity index (χ1) is 7.70. The van der Waals surface area contributed by atoms with Crippen LogP contribution in [0.1, 0.15) is 19.0 Å². The monoisotopic (exact) mass is 220 g/mol. The fourth-order valence-corrected chi connectivity index (χ4v) is 2.18. The fraction of sp³-hybridized carbons (Fsp3) is 0.667. The molecule has 4 nitrogen and oxygen atoms in total. The summed E-state index contributed by atoms with van der Waals surface area (Å²) in [6.07, 6.45) is 2.88. The third-order valence-corrected chi connectivity index (χ3v) is 3.40. The van der Waals surface area contributed by atoms with Gasteiger partial charge in [0, 0.05) is 30.9 Å². The highest BCUT2D eigenvalue weighted by molar-refractivity contribution is 5.40. The summed E-state index contributed by atoms with van der Waals surface area (Å²) < 4.78 is 0. The van der Waals surface area contributed by atoms with Crippen LogP contribution in [-0.4, -0.2) is 47.6 Å². The van der Waals surface area contributed by atoms with Crippen LogP contribution < -0.4 is 4.90 Å². The number of hydrogen-bond acceptors (Lipinski definition) is 4. The normalized spacial score (nSPS) is 20.8. The number of nitrogens with zero attached hydrogens (tertiary/aromatic N) is 4. The lowest BCUT2D eigenvalue weighted by Gasteiger charge is -2.23. The van der Waals surface area contributed by atoms with Crippen molar-refractivity contribution in [3.05, 3.63) is 18.1 Å². The van der Waals surface area contributed by atoms with Crippen molar-refractivity contribution in [2.45, 2.75) is 26.3 Å². The Labute approximate surface area is 97.3 Å². The van der Waals surface area contributed by atoms with Crippen LogP contribution in [0.25, 0.3) is 0 Å². The Bertz CT molecular complexity index is 353. The van der Waals surface area contributed by atoms with E-state index in [0.717, 1.165) is 31.1 Å². The van der Waals surface area contributed by atoms with Gasteiger partial charge in [-0.15, -0.1) is 0 Å². The summed E-state index contributed by atoms with van der Waals surface area (Å²) in [7, 11) is 2.19. The van der Waals surface area contributed by atoms with Crippen LogP contribution in [0.4, 0.5) is 5.82 Å². The molecule has 4 heteroatoms. The summed E-state index contributed by atoms with van der Waals surface area (Å²) in [5.41, 5.74) is 1.04. The van der Waals surface area contributed by atoms with Gasteiger partial charge in [-0.3, -0.25) is 0 Å². The maximum Gasteiger partial charge on any atom is 0.132 e. The molecule has 1 fully saturated rings. The summed E-state index contributed by atoms with van der Waals surface area (Å²) in [5, 5.41) is 0.